The van der Waals surface area contributed by atoms with Crippen LogP contribution in [0.15, 0.2) is 29.8 Å². The van der Waals surface area contributed by atoms with Gasteiger partial charge in [-0.15, -0.1) is 11.3 Å². The lowest BCUT2D eigenvalue weighted by atomic mass is 10.1. The van der Waals surface area contributed by atoms with E-state index in [1.54, 1.807) is 11.4 Å². The summed E-state index contributed by atoms with van der Waals surface area (Å²) in [5.41, 5.74) is 2.09. The van der Waals surface area contributed by atoms with Gasteiger partial charge in [0.2, 0.25) is 5.95 Å². The number of rotatable bonds is 5. The Bertz CT molecular complexity index is 1310. The number of amides is 1. The average molecular weight is 484 g/mol. The van der Waals surface area contributed by atoms with Gasteiger partial charge in [0.25, 0.3) is 5.91 Å². The van der Waals surface area contributed by atoms with Crippen LogP contribution in [-0.4, -0.2) is 57.9 Å². The number of aromatic nitrogens is 4. The van der Waals surface area contributed by atoms with Crippen LogP contribution in [0.25, 0.3) is 21.5 Å². The van der Waals surface area contributed by atoms with E-state index in [1.165, 1.54) is 22.7 Å². The SMILES string of the molecule is CN(C)c1nc2ccc(-c3nc(Nc4nc(C(=O)N5CCCCC5)cs4)ncc3F)cc2s1. The molecular weight excluding hydrogens is 461 g/mol. The number of carbonyl (C=O) groups is 1. The maximum atomic E-state index is 14.6. The molecule has 1 amide bonds. The van der Waals surface area contributed by atoms with Crippen LogP contribution in [0.2, 0.25) is 0 Å². The van der Waals surface area contributed by atoms with Gasteiger partial charge in [-0.05, 0) is 31.4 Å². The van der Waals surface area contributed by atoms with Crippen molar-refractivity contribution in [2.24, 2.45) is 0 Å². The van der Waals surface area contributed by atoms with Gasteiger partial charge >= 0.3 is 0 Å². The predicted octanol–water partition coefficient (Wildman–Crippen LogP) is 4.78. The number of nitrogens with one attached hydrogen (secondary N) is 1. The summed E-state index contributed by atoms with van der Waals surface area (Å²) in [7, 11) is 3.87. The van der Waals surface area contributed by atoms with Crippen LogP contribution in [-0.2, 0) is 0 Å². The molecule has 5 rings (SSSR count). The van der Waals surface area contributed by atoms with Gasteiger partial charge in [0, 0.05) is 38.1 Å². The van der Waals surface area contributed by atoms with Gasteiger partial charge in [-0.1, -0.05) is 17.4 Å². The Hall–Kier alpha value is -3.18. The predicted molar refractivity (Wildman–Crippen MR) is 130 cm³/mol. The van der Waals surface area contributed by atoms with Crippen molar-refractivity contribution in [1.82, 2.24) is 24.8 Å². The zero-order valence-electron chi connectivity index (χ0n) is 18.2. The summed E-state index contributed by atoms with van der Waals surface area (Å²) in [4.78, 5) is 33.8. The first-order valence-electron chi connectivity index (χ1n) is 10.6. The number of hydrogen-bond donors (Lipinski definition) is 1. The number of piperidine rings is 1. The minimum atomic E-state index is -0.516. The van der Waals surface area contributed by atoms with Crippen LogP contribution < -0.4 is 10.2 Å². The summed E-state index contributed by atoms with van der Waals surface area (Å²) < 4.78 is 15.6. The summed E-state index contributed by atoms with van der Waals surface area (Å²) in [6.07, 6.45) is 4.35. The minimum Gasteiger partial charge on any atom is -0.354 e. The molecule has 1 aliphatic rings. The van der Waals surface area contributed by atoms with Gasteiger partial charge in [-0.25, -0.2) is 24.3 Å². The van der Waals surface area contributed by atoms with Gasteiger partial charge in [-0.3, -0.25) is 4.79 Å². The second-order valence-corrected chi connectivity index (χ2v) is 9.85. The minimum absolute atomic E-state index is 0.0605. The zero-order valence-corrected chi connectivity index (χ0v) is 19.8. The van der Waals surface area contributed by atoms with Crippen LogP contribution in [0.1, 0.15) is 29.8 Å². The molecule has 0 unspecified atom stereocenters. The normalized spacial score (nSPS) is 14.0. The summed E-state index contributed by atoms with van der Waals surface area (Å²) in [5, 5.41) is 6.10. The number of benzene rings is 1. The van der Waals surface area contributed by atoms with E-state index in [4.69, 9.17) is 0 Å². The maximum absolute atomic E-state index is 14.6. The first kappa shape index (κ1) is 21.7. The summed E-state index contributed by atoms with van der Waals surface area (Å²) >= 11 is 2.83. The topological polar surface area (TPSA) is 87.1 Å². The van der Waals surface area contributed by atoms with Crippen LogP contribution in [0.4, 0.5) is 20.6 Å². The maximum Gasteiger partial charge on any atom is 0.273 e. The van der Waals surface area contributed by atoms with E-state index < -0.39 is 5.82 Å². The summed E-state index contributed by atoms with van der Waals surface area (Å²) in [5.74, 6) is -0.358. The highest BCUT2D eigenvalue weighted by molar-refractivity contribution is 7.22. The van der Waals surface area contributed by atoms with E-state index in [9.17, 15) is 9.18 Å². The van der Waals surface area contributed by atoms with E-state index >= 15 is 0 Å². The Morgan fingerprint density at radius 2 is 1.97 bits per heavy atom. The molecule has 33 heavy (non-hydrogen) atoms. The molecule has 4 aromatic rings. The summed E-state index contributed by atoms with van der Waals surface area (Å²) in [6.45, 7) is 1.54. The van der Waals surface area contributed by atoms with Crippen molar-refractivity contribution in [2.75, 3.05) is 37.4 Å². The van der Waals surface area contributed by atoms with Gasteiger partial charge in [0.15, 0.2) is 16.1 Å². The van der Waals surface area contributed by atoms with Crippen LogP contribution in [0.5, 0.6) is 0 Å². The molecule has 0 radical (unpaired) electrons. The highest BCUT2D eigenvalue weighted by Crippen LogP contribution is 2.32. The molecule has 0 spiro atoms. The van der Waals surface area contributed by atoms with Crippen molar-refractivity contribution in [3.8, 4) is 11.3 Å². The van der Waals surface area contributed by atoms with Crippen LogP contribution >= 0.6 is 22.7 Å². The first-order valence-corrected chi connectivity index (χ1v) is 12.3. The molecule has 1 aliphatic heterocycles. The molecule has 0 saturated carbocycles. The van der Waals surface area contributed by atoms with Crippen molar-refractivity contribution in [1.29, 1.82) is 0 Å². The number of halogens is 1. The molecule has 0 atom stereocenters. The number of likely N-dealkylation sites (tertiary alicyclic amines) is 1. The number of anilines is 3. The van der Waals surface area contributed by atoms with Crippen molar-refractivity contribution < 1.29 is 9.18 Å². The Kier molecular flexibility index (Phi) is 5.90. The highest BCUT2D eigenvalue weighted by Gasteiger charge is 2.21. The van der Waals surface area contributed by atoms with Gasteiger partial charge < -0.3 is 15.1 Å². The number of hydrogen-bond acceptors (Lipinski definition) is 9. The molecule has 1 aromatic carbocycles. The fraction of sp³-hybridized carbons (Fsp3) is 0.318. The molecule has 1 fully saturated rings. The quantitative estimate of drug-likeness (QED) is 0.437. The van der Waals surface area contributed by atoms with E-state index in [1.807, 2.05) is 36.0 Å². The Balaban J connectivity index is 1.38. The Morgan fingerprint density at radius 3 is 2.76 bits per heavy atom. The van der Waals surface area contributed by atoms with E-state index in [2.05, 4.69) is 25.3 Å². The van der Waals surface area contributed by atoms with Crippen molar-refractivity contribution in [3.05, 3.63) is 41.3 Å². The zero-order chi connectivity index (χ0) is 22.9. The second kappa shape index (κ2) is 8.99. The molecule has 4 heterocycles. The number of carbonyl (C=O) groups excluding carboxylic acids is 1. The third-order valence-corrected chi connectivity index (χ3v) is 7.31. The van der Waals surface area contributed by atoms with Crippen molar-refractivity contribution in [2.45, 2.75) is 19.3 Å². The highest BCUT2D eigenvalue weighted by atomic mass is 32.1. The molecule has 1 saturated heterocycles. The summed E-state index contributed by atoms with van der Waals surface area (Å²) in [6, 6.07) is 5.55. The lowest BCUT2D eigenvalue weighted by Crippen LogP contribution is -2.35. The Morgan fingerprint density at radius 1 is 1.15 bits per heavy atom. The fourth-order valence-corrected chi connectivity index (χ4v) is 5.27. The molecule has 8 nitrogen and oxygen atoms in total. The molecule has 1 N–H and O–H groups in total. The molecule has 3 aromatic heterocycles. The van der Waals surface area contributed by atoms with Crippen molar-refractivity contribution in [3.63, 3.8) is 0 Å². The monoisotopic (exact) mass is 483 g/mol. The number of nitrogens with zero attached hydrogens (tertiary/aromatic N) is 6. The Labute approximate surface area is 198 Å². The smallest absolute Gasteiger partial charge is 0.273 e. The third-order valence-electron chi connectivity index (χ3n) is 5.36. The second-order valence-electron chi connectivity index (χ2n) is 7.98. The standard InChI is InChI=1S/C22H22FN7OS2/c1-29(2)22-26-15-7-6-13(10-17(15)33-22)18-14(23)11-24-20(27-18)28-21-25-16(12-32-21)19(31)30-8-4-3-5-9-30/h6-7,10-12H,3-5,8-9H2,1-2H3,(H,24,25,27,28). The molecule has 0 bridgehead atoms. The number of thiazole rings is 2. The van der Waals surface area contributed by atoms with E-state index in [-0.39, 0.29) is 17.5 Å². The molecule has 0 aliphatic carbocycles. The molecule has 170 valence electrons. The molecule has 11 heteroatoms. The van der Waals surface area contributed by atoms with Crippen LogP contribution in [0, 0.1) is 5.82 Å². The first-order chi connectivity index (χ1) is 16.0. The van der Waals surface area contributed by atoms with Gasteiger partial charge in [-0.2, -0.15) is 0 Å². The fourth-order valence-electron chi connectivity index (χ4n) is 3.66. The van der Waals surface area contributed by atoms with E-state index in [0.717, 1.165) is 53.9 Å². The van der Waals surface area contributed by atoms with Gasteiger partial charge in [0.05, 0.1) is 16.4 Å². The van der Waals surface area contributed by atoms with Crippen LogP contribution in [0.3, 0.4) is 0 Å². The van der Waals surface area contributed by atoms with E-state index in [0.29, 0.717) is 16.4 Å². The lowest BCUT2D eigenvalue weighted by molar-refractivity contribution is 0.0719. The van der Waals surface area contributed by atoms with Gasteiger partial charge in [0.1, 0.15) is 11.4 Å². The van der Waals surface area contributed by atoms with Crippen molar-refractivity contribution >= 4 is 55.0 Å². The largest absolute Gasteiger partial charge is 0.354 e. The third kappa shape index (κ3) is 4.51. The molecular formula is C22H22FN7OS2. The average Bonchev–Trinajstić information content (AvgIpc) is 3.47. The number of fused-ring (bicyclic) bond motifs is 1. The lowest BCUT2D eigenvalue weighted by Gasteiger charge is -2.25.